The van der Waals surface area contributed by atoms with Crippen molar-refractivity contribution in [1.82, 2.24) is 14.5 Å². The highest BCUT2D eigenvalue weighted by Crippen LogP contribution is 2.20. The summed E-state index contributed by atoms with van der Waals surface area (Å²) in [5, 5.41) is 5.42. The normalized spacial score (nSPS) is 11.6. The highest BCUT2D eigenvalue weighted by molar-refractivity contribution is 14.2. The zero-order valence-electron chi connectivity index (χ0n) is 13.2. The molecule has 1 N–H and O–H groups in total. The number of halogens is 1. The Hall–Kier alpha value is -1.73. The zero-order valence-corrected chi connectivity index (χ0v) is 16.2. The van der Waals surface area contributed by atoms with E-state index in [0.717, 1.165) is 5.56 Å². The molecule has 6 nitrogen and oxygen atoms in total. The second kappa shape index (κ2) is 8.39. The molecule has 24 heavy (non-hydrogen) atoms. The summed E-state index contributed by atoms with van der Waals surface area (Å²) in [6.45, 7) is 0. The van der Waals surface area contributed by atoms with Gasteiger partial charge >= 0.3 is 5.69 Å². The van der Waals surface area contributed by atoms with Gasteiger partial charge in [-0.15, -0.1) is 0 Å². The van der Waals surface area contributed by atoms with Gasteiger partial charge in [0.1, 0.15) is 6.29 Å². The molecule has 0 aliphatic heterocycles. The molecule has 2 aromatic rings. The lowest BCUT2D eigenvalue weighted by atomic mass is 10.1. The number of nitrogens with zero attached hydrogens (tertiary/aromatic N) is 2. The van der Waals surface area contributed by atoms with Gasteiger partial charge in [0.05, 0.1) is 17.1 Å². The van der Waals surface area contributed by atoms with Gasteiger partial charge in [0.25, 0.3) is 0 Å². The van der Waals surface area contributed by atoms with Gasteiger partial charge in [-0.05, 0) is 38.8 Å². The maximum Gasteiger partial charge on any atom is 0.329 e. The van der Waals surface area contributed by atoms with Crippen LogP contribution in [0.2, 0.25) is 0 Å². The quantitative estimate of drug-likeness (QED) is 0.424. The van der Waals surface area contributed by atoms with E-state index in [1.807, 2.05) is 12.1 Å². The van der Waals surface area contributed by atoms with Gasteiger partial charge in [0, 0.05) is 47.3 Å². The smallest absolute Gasteiger partial charge is 0.329 e. The Morgan fingerprint density at radius 2 is 2.21 bits per heavy atom. The molecule has 8 heteroatoms. The van der Waals surface area contributed by atoms with Crippen molar-refractivity contribution in [2.45, 2.75) is 18.9 Å². The largest absolute Gasteiger partial charge is 0.359 e. The molecular formula is C16H16IN3O3S. The number of rotatable bonds is 5. The number of imidazole rings is 1. The molecule has 1 aromatic carbocycles. The van der Waals surface area contributed by atoms with Gasteiger partial charge in [-0.2, -0.15) is 0 Å². The molecule has 2 rings (SSSR count). The van der Waals surface area contributed by atoms with E-state index >= 15 is 0 Å². The molecule has 0 spiro atoms. The minimum Gasteiger partial charge on any atom is -0.359 e. The molecule has 0 radical (unpaired) electrons. The lowest BCUT2D eigenvalue weighted by Crippen LogP contribution is -2.28. The summed E-state index contributed by atoms with van der Waals surface area (Å²) in [4.78, 5) is 35.5. The molecule has 126 valence electrons. The second-order valence-electron chi connectivity index (χ2n) is 5.13. The topological polar surface area (TPSA) is 73.1 Å². The molecule has 0 aliphatic carbocycles. The van der Waals surface area contributed by atoms with E-state index in [0.29, 0.717) is 17.3 Å². The van der Waals surface area contributed by atoms with Crippen molar-refractivity contribution in [3.05, 3.63) is 34.2 Å². The number of benzene rings is 1. The molecule has 0 saturated carbocycles. The summed E-state index contributed by atoms with van der Waals surface area (Å²) in [7, 11) is 4.58. The van der Waals surface area contributed by atoms with E-state index in [1.165, 1.54) is 18.1 Å². The fraction of sp³-hybridized carbons (Fsp3) is 0.312. The van der Waals surface area contributed by atoms with Crippen molar-refractivity contribution in [3.63, 3.8) is 0 Å². The monoisotopic (exact) mass is 457 g/mol. The van der Waals surface area contributed by atoms with E-state index < -0.39 is 6.04 Å². The van der Waals surface area contributed by atoms with Crippen LogP contribution in [-0.2, 0) is 16.6 Å². The lowest BCUT2D eigenvalue weighted by molar-refractivity contribution is -0.121. The minimum atomic E-state index is -0.680. The van der Waals surface area contributed by atoms with Gasteiger partial charge in [-0.1, -0.05) is 5.92 Å². The molecular weight excluding hydrogens is 441 g/mol. The number of nitrogens with one attached hydrogen (secondary N) is 1. The van der Waals surface area contributed by atoms with Gasteiger partial charge < -0.3 is 10.1 Å². The number of aromatic nitrogens is 2. The van der Waals surface area contributed by atoms with Crippen LogP contribution in [0.4, 0.5) is 0 Å². The highest BCUT2D eigenvalue weighted by atomic mass is 127. The first kappa shape index (κ1) is 18.6. The average Bonchev–Trinajstić information content (AvgIpc) is 2.85. The van der Waals surface area contributed by atoms with Crippen LogP contribution in [-0.4, -0.2) is 28.4 Å². The lowest BCUT2D eigenvalue weighted by Gasteiger charge is -2.11. The molecule has 1 heterocycles. The van der Waals surface area contributed by atoms with E-state index in [1.54, 1.807) is 20.2 Å². The molecule has 0 saturated heterocycles. The fourth-order valence-corrected chi connectivity index (χ4v) is 2.99. The predicted octanol–water partition coefficient (Wildman–Crippen LogP) is 2.00. The number of amides is 1. The Morgan fingerprint density at radius 3 is 2.83 bits per heavy atom. The summed E-state index contributed by atoms with van der Waals surface area (Å²) in [5.41, 5.74) is 1.88. The summed E-state index contributed by atoms with van der Waals surface area (Å²) < 4.78 is 2.93. The van der Waals surface area contributed by atoms with E-state index in [-0.39, 0.29) is 24.4 Å². The molecule has 0 fully saturated rings. The van der Waals surface area contributed by atoms with Crippen LogP contribution in [0, 0.1) is 11.2 Å². The zero-order chi connectivity index (χ0) is 17.7. The van der Waals surface area contributed by atoms with Crippen molar-refractivity contribution >= 4 is 53.4 Å². The summed E-state index contributed by atoms with van der Waals surface area (Å²) in [6.07, 6.45) is 1.17. The standard InChI is InChI=1S/C16H16IN3O3S/c1-18-15(22)6-4-12(10-21)20-13-5-3-11(7-8-24-17)9-14(13)19(2)16(20)23/h3,5,9-10,12H,4,6H2,1-2H3,(H,18,22). The van der Waals surface area contributed by atoms with Crippen molar-refractivity contribution < 1.29 is 9.59 Å². The Labute approximate surface area is 155 Å². The SMILES string of the molecule is CNC(=O)CCC(C=O)n1c(=O)n(C)c2cc(C#CSI)ccc21. The molecule has 1 atom stereocenters. The number of carbonyl (C=O) groups is 2. The van der Waals surface area contributed by atoms with Crippen LogP contribution >= 0.6 is 30.1 Å². The number of fused-ring (bicyclic) bond motifs is 1. The Balaban J connectivity index is 2.49. The first-order valence-corrected chi connectivity index (χ1v) is 10.5. The Morgan fingerprint density at radius 1 is 1.46 bits per heavy atom. The number of aldehydes is 1. The molecule has 1 aromatic heterocycles. The van der Waals surface area contributed by atoms with Gasteiger partial charge in [-0.3, -0.25) is 13.9 Å². The first-order valence-electron chi connectivity index (χ1n) is 7.19. The molecule has 0 aliphatic rings. The number of hydrogen-bond donors (Lipinski definition) is 1. The number of hydrogen-bond acceptors (Lipinski definition) is 4. The number of carbonyl (C=O) groups excluding carboxylic acids is 2. The van der Waals surface area contributed by atoms with Gasteiger partial charge in [-0.25, -0.2) is 4.79 Å². The molecule has 1 unspecified atom stereocenters. The van der Waals surface area contributed by atoms with Crippen LogP contribution in [0.25, 0.3) is 11.0 Å². The predicted molar refractivity (Wildman–Crippen MR) is 104 cm³/mol. The highest BCUT2D eigenvalue weighted by Gasteiger charge is 2.19. The first-order chi connectivity index (χ1) is 11.5. The van der Waals surface area contributed by atoms with E-state index in [2.05, 4.69) is 37.7 Å². The van der Waals surface area contributed by atoms with Crippen LogP contribution < -0.4 is 11.0 Å². The Bertz CT molecular complexity index is 892. The van der Waals surface area contributed by atoms with E-state index in [9.17, 15) is 14.4 Å². The van der Waals surface area contributed by atoms with Crippen molar-refractivity contribution in [2.75, 3.05) is 7.05 Å². The summed E-state index contributed by atoms with van der Waals surface area (Å²) >= 11 is 2.09. The summed E-state index contributed by atoms with van der Waals surface area (Å²) in [5.74, 6) is 2.83. The van der Waals surface area contributed by atoms with Crippen LogP contribution in [0.3, 0.4) is 0 Å². The van der Waals surface area contributed by atoms with Crippen molar-refractivity contribution in [3.8, 4) is 11.2 Å². The third-order valence-electron chi connectivity index (χ3n) is 3.76. The third-order valence-corrected chi connectivity index (χ3v) is 4.60. The third kappa shape index (κ3) is 3.84. The van der Waals surface area contributed by atoms with Crippen LogP contribution in [0.1, 0.15) is 24.4 Å². The molecule has 0 bridgehead atoms. The van der Waals surface area contributed by atoms with E-state index in [4.69, 9.17) is 0 Å². The maximum atomic E-state index is 12.6. The fourth-order valence-electron chi connectivity index (χ4n) is 2.50. The van der Waals surface area contributed by atoms with Gasteiger partial charge in [0.15, 0.2) is 0 Å². The number of aryl methyl sites for hydroxylation is 1. The van der Waals surface area contributed by atoms with Gasteiger partial charge in [0.2, 0.25) is 5.91 Å². The Kier molecular flexibility index (Phi) is 6.51. The van der Waals surface area contributed by atoms with Crippen molar-refractivity contribution in [1.29, 1.82) is 0 Å². The van der Waals surface area contributed by atoms with Crippen molar-refractivity contribution in [2.24, 2.45) is 7.05 Å². The second-order valence-corrected chi connectivity index (χ2v) is 6.81. The molecule has 1 amide bonds. The average molecular weight is 457 g/mol. The maximum absolute atomic E-state index is 12.6. The minimum absolute atomic E-state index is 0.163. The van der Waals surface area contributed by atoms with Crippen LogP contribution in [0.5, 0.6) is 0 Å². The summed E-state index contributed by atoms with van der Waals surface area (Å²) in [6, 6.07) is 4.75. The van der Waals surface area contributed by atoms with Crippen LogP contribution in [0.15, 0.2) is 23.0 Å².